The third-order valence-corrected chi connectivity index (χ3v) is 8.00. The molecule has 4 amide bonds. The molecule has 1 saturated heterocycles. The number of amides is 4. The zero-order chi connectivity index (χ0) is 24.0. The monoisotopic (exact) mass is 476 g/mol. The van der Waals surface area contributed by atoms with Gasteiger partial charge in [0.2, 0.25) is 0 Å². The minimum Gasteiger partial charge on any atom is -0.323 e. The molecule has 1 aromatic heterocycles. The topological polar surface area (TPSA) is 82.6 Å². The molecule has 1 N–H and O–H groups in total. The van der Waals surface area contributed by atoms with Gasteiger partial charge in [-0.15, -0.1) is 0 Å². The van der Waals surface area contributed by atoms with E-state index in [4.69, 9.17) is 4.98 Å². The molecule has 2 fully saturated rings. The molecule has 176 valence electrons. The fraction of sp³-hybridized carbons (Fsp3) is 0.385. The van der Waals surface area contributed by atoms with Gasteiger partial charge in [0.25, 0.3) is 11.8 Å². The first-order valence-electron chi connectivity index (χ1n) is 11.7. The average molecular weight is 477 g/mol. The zero-order valence-electron chi connectivity index (χ0n) is 19.6. The Labute approximate surface area is 202 Å². The second kappa shape index (κ2) is 8.51. The van der Waals surface area contributed by atoms with Crippen molar-refractivity contribution in [3.8, 4) is 0 Å². The van der Waals surface area contributed by atoms with Crippen molar-refractivity contribution in [3.05, 3.63) is 53.6 Å². The minimum atomic E-state index is -0.893. The Kier molecular flexibility index (Phi) is 5.64. The van der Waals surface area contributed by atoms with Crippen molar-refractivity contribution in [2.45, 2.75) is 52.0 Å². The molecule has 7 nitrogen and oxygen atoms in total. The number of urea groups is 1. The fourth-order valence-corrected chi connectivity index (χ4v) is 6.25. The van der Waals surface area contributed by atoms with Gasteiger partial charge in [-0.2, -0.15) is 0 Å². The Bertz CT molecular complexity index is 1250. The molecule has 2 aromatic carbocycles. The number of benzene rings is 2. The highest BCUT2D eigenvalue weighted by atomic mass is 32.1. The van der Waals surface area contributed by atoms with Crippen LogP contribution in [0.4, 0.5) is 15.6 Å². The van der Waals surface area contributed by atoms with Gasteiger partial charge >= 0.3 is 6.03 Å². The number of nitrogens with one attached hydrogen (secondary N) is 1. The number of carbonyl (C=O) groups excluding carboxylic acids is 3. The van der Waals surface area contributed by atoms with E-state index in [2.05, 4.69) is 5.32 Å². The van der Waals surface area contributed by atoms with Gasteiger partial charge in [-0.05, 0) is 68.0 Å². The molecule has 2 aliphatic rings. The van der Waals surface area contributed by atoms with Crippen molar-refractivity contribution in [3.63, 3.8) is 0 Å². The van der Waals surface area contributed by atoms with Crippen LogP contribution < -0.4 is 10.2 Å². The molecule has 1 aliphatic carbocycles. The predicted octanol–water partition coefficient (Wildman–Crippen LogP) is 5.08. The molecule has 2 unspecified atom stereocenters. The van der Waals surface area contributed by atoms with Crippen LogP contribution in [0.15, 0.2) is 42.5 Å². The van der Waals surface area contributed by atoms with E-state index in [1.807, 2.05) is 63.2 Å². The lowest BCUT2D eigenvalue weighted by Gasteiger charge is -2.36. The lowest BCUT2D eigenvalue weighted by Crippen LogP contribution is -2.54. The molecule has 2 atom stereocenters. The standard InChI is InChI=1S/C26H28N4O3S/c1-16-12-17(2)14-19(13-16)30(25-27-20-9-4-5-10-21(20)34-25)22(31)15-29-23(32)26(28-24(29)33)11-7-6-8-18(26)3/h4-5,9-10,12-14,18H,6-8,11,15H2,1-3H3,(H,28,33). The lowest BCUT2D eigenvalue weighted by molar-refractivity contribution is -0.136. The lowest BCUT2D eigenvalue weighted by atomic mass is 9.73. The van der Waals surface area contributed by atoms with Gasteiger partial charge in [0.1, 0.15) is 12.1 Å². The van der Waals surface area contributed by atoms with Gasteiger partial charge in [0.15, 0.2) is 5.13 Å². The summed E-state index contributed by atoms with van der Waals surface area (Å²) in [7, 11) is 0. The SMILES string of the molecule is Cc1cc(C)cc(N(C(=O)CN2C(=O)NC3(CCCCC3C)C2=O)c2nc3ccccc3s2)c1. The van der Waals surface area contributed by atoms with Crippen LogP contribution in [-0.4, -0.2) is 39.8 Å². The van der Waals surface area contributed by atoms with E-state index >= 15 is 0 Å². The van der Waals surface area contributed by atoms with Gasteiger partial charge < -0.3 is 5.32 Å². The molecule has 8 heteroatoms. The Morgan fingerprint density at radius 3 is 2.62 bits per heavy atom. The van der Waals surface area contributed by atoms with Crippen LogP contribution in [0.1, 0.15) is 43.7 Å². The number of aromatic nitrogens is 1. The maximum absolute atomic E-state index is 13.8. The van der Waals surface area contributed by atoms with Crippen molar-refractivity contribution in [2.75, 3.05) is 11.4 Å². The normalized spacial score (nSPS) is 22.4. The van der Waals surface area contributed by atoms with Crippen LogP contribution in [0.3, 0.4) is 0 Å². The van der Waals surface area contributed by atoms with E-state index in [1.165, 1.54) is 11.3 Å². The van der Waals surface area contributed by atoms with E-state index in [1.54, 1.807) is 4.90 Å². The molecule has 34 heavy (non-hydrogen) atoms. The van der Waals surface area contributed by atoms with Crippen LogP contribution in [0.5, 0.6) is 0 Å². The van der Waals surface area contributed by atoms with E-state index < -0.39 is 11.6 Å². The van der Waals surface area contributed by atoms with Crippen molar-refractivity contribution in [1.29, 1.82) is 0 Å². The number of imide groups is 1. The molecule has 1 spiro atoms. The molecular weight excluding hydrogens is 448 g/mol. The number of fused-ring (bicyclic) bond motifs is 1. The number of nitrogens with zero attached hydrogens (tertiary/aromatic N) is 3. The summed E-state index contributed by atoms with van der Waals surface area (Å²) in [4.78, 5) is 47.4. The number of rotatable bonds is 4. The molecule has 0 bridgehead atoms. The second-order valence-corrected chi connectivity index (χ2v) is 10.5. The number of carbonyl (C=O) groups is 3. The number of para-hydroxylation sites is 1. The molecular formula is C26H28N4O3S. The molecule has 0 radical (unpaired) electrons. The van der Waals surface area contributed by atoms with Crippen LogP contribution >= 0.6 is 11.3 Å². The van der Waals surface area contributed by atoms with Crippen LogP contribution in [0.2, 0.25) is 0 Å². The van der Waals surface area contributed by atoms with Gasteiger partial charge in [-0.3, -0.25) is 19.4 Å². The Morgan fingerprint density at radius 1 is 1.18 bits per heavy atom. The summed E-state index contributed by atoms with van der Waals surface area (Å²) in [6.45, 7) is 5.63. The Balaban J connectivity index is 1.51. The van der Waals surface area contributed by atoms with Crippen LogP contribution in [-0.2, 0) is 9.59 Å². The highest BCUT2D eigenvalue weighted by Gasteiger charge is 2.55. The largest absolute Gasteiger partial charge is 0.325 e. The van der Waals surface area contributed by atoms with Gasteiger partial charge in [0, 0.05) is 0 Å². The van der Waals surface area contributed by atoms with E-state index in [9.17, 15) is 14.4 Å². The summed E-state index contributed by atoms with van der Waals surface area (Å²) in [5, 5.41) is 3.45. The van der Waals surface area contributed by atoms with Crippen LogP contribution in [0, 0.1) is 19.8 Å². The number of anilines is 2. The first-order valence-corrected chi connectivity index (χ1v) is 12.5. The van der Waals surface area contributed by atoms with E-state index in [0.717, 1.165) is 45.5 Å². The van der Waals surface area contributed by atoms with Gasteiger partial charge in [-0.25, -0.2) is 9.78 Å². The second-order valence-electron chi connectivity index (χ2n) is 9.48. The first-order chi connectivity index (χ1) is 16.3. The quantitative estimate of drug-likeness (QED) is 0.533. The average Bonchev–Trinajstić information content (AvgIpc) is 3.30. The molecule has 1 aliphatic heterocycles. The summed E-state index contributed by atoms with van der Waals surface area (Å²) in [5.41, 5.74) is 2.61. The zero-order valence-corrected chi connectivity index (χ0v) is 20.4. The van der Waals surface area contributed by atoms with Gasteiger partial charge in [0.05, 0.1) is 15.9 Å². The maximum Gasteiger partial charge on any atom is 0.325 e. The summed E-state index contributed by atoms with van der Waals surface area (Å²) >= 11 is 1.41. The number of aryl methyl sites for hydroxylation is 2. The molecule has 1 saturated carbocycles. The number of hydrogen-bond acceptors (Lipinski definition) is 5. The smallest absolute Gasteiger partial charge is 0.323 e. The Hall–Kier alpha value is -3.26. The summed E-state index contributed by atoms with van der Waals surface area (Å²) in [5.74, 6) is -0.617. The highest BCUT2D eigenvalue weighted by molar-refractivity contribution is 7.22. The summed E-state index contributed by atoms with van der Waals surface area (Å²) in [6.07, 6.45) is 3.43. The predicted molar refractivity (Wildman–Crippen MR) is 133 cm³/mol. The number of thiazole rings is 1. The fourth-order valence-electron chi connectivity index (χ4n) is 5.24. The van der Waals surface area contributed by atoms with Gasteiger partial charge in [-0.1, -0.05) is 49.3 Å². The molecule has 5 rings (SSSR count). The third kappa shape index (κ3) is 3.76. The van der Waals surface area contributed by atoms with Crippen molar-refractivity contribution in [2.24, 2.45) is 5.92 Å². The molecule has 2 heterocycles. The van der Waals surface area contributed by atoms with Crippen molar-refractivity contribution >= 4 is 50.2 Å². The van der Waals surface area contributed by atoms with Crippen molar-refractivity contribution < 1.29 is 14.4 Å². The summed E-state index contributed by atoms with van der Waals surface area (Å²) < 4.78 is 0.963. The van der Waals surface area contributed by atoms with E-state index in [-0.39, 0.29) is 24.3 Å². The van der Waals surface area contributed by atoms with Crippen LogP contribution in [0.25, 0.3) is 10.2 Å². The van der Waals surface area contributed by atoms with E-state index in [0.29, 0.717) is 17.2 Å². The third-order valence-electron chi connectivity index (χ3n) is 6.98. The minimum absolute atomic E-state index is 0.0394. The summed E-state index contributed by atoms with van der Waals surface area (Å²) in [6, 6.07) is 13.1. The highest BCUT2D eigenvalue weighted by Crippen LogP contribution is 2.39. The number of hydrogen-bond donors (Lipinski definition) is 1. The first kappa shape index (κ1) is 22.5. The maximum atomic E-state index is 13.8. The van der Waals surface area contributed by atoms with Crippen molar-refractivity contribution in [1.82, 2.24) is 15.2 Å². The Morgan fingerprint density at radius 2 is 1.91 bits per heavy atom. The molecule has 3 aromatic rings.